The molecule has 1 saturated heterocycles. The Labute approximate surface area is 138 Å². The quantitative estimate of drug-likeness (QED) is 0.779. The molecule has 0 spiro atoms. The van der Waals surface area contributed by atoms with Crippen molar-refractivity contribution in [2.75, 3.05) is 42.8 Å². The first-order valence-electron chi connectivity index (χ1n) is 8.00. The predicted molar refractivity (Wildman–Crippen MR) is 94.2 cm³/mol. The fourth-order valence-corrected chi connectivity index (χ4v) is 2.51. The average Bonchev–Trinajstić information content (AvgIpc) is 2.55. The van der Waals surface area contributed by atoms with Gasteiger partial charge in [0.2, 0.25) is 0 Å². The molecule has 126 valence electrons. The van der Waals surface area contributed by atoms with Gasteiger partial charge in [-0.1, -0.05) is 20.1 Å². The van der Waals surface area contributed by atoms with E-state index in [-0.39, 0.29) is 5.82 Å². The van der Waals surface area contributed by atoms with Crippen molar-refractivity contribution in [3.05, 3.63) is 48.6 Å². The first kappa shape index (κ1) is 17.3. The van der Waals surface area contributed by atoms with E-state index < -0.39 is 0 Å². The van der Waals surface area contributed by atoms with Gasteiger partial charge < -0.3 is 19.9 Å². The lowest BCUT2D eigenvalue weighted by atomic mass is 10.2. The van der Waals surface area contributed by atoms with E-state index in [2.05, 4.69) is 18.5 Å². The number of hydrogen-bond donors (Lipinski definition) is 1. The Morgan fingerprint density at radius 1 is 1.35 bits per heavy atom. The van der Waals surface area contributed by atoms with Crippen molar-refractivity contribution < 1.29 is 9.13 Å². The zero-order valence-electron chi connectivity index (χ0n) is 14.1. The first-order valence-corrected chi connectivity index (χ1v) is 8.00. The Hall–Kier alpha value is -2.01. The average molecular weight is 319 g/mol. The summed E-state index contributed by atoms with van der Waals surface area (Å²) >= 11 is 0. The van der Waals surface area contributed by atoms with Gasteiger partial charge in [0, 0.05) is 30.2 Å². The van der Waals surface area contributed by atoms with Gasteiger partial charge in [0.1, 0.15) is 5.82 Å². The van der Waals surface area contributed by atoms with Gasteiger partial charge in [-0.3, -0.25) is 0 Å². The number of anilines is 2. The molecule has 1 aliphatic heterocycles. The van der Waals surface area contributed by atoms with E-state index in [0.717, 1.165) is 36.6 Å². The minimum absolute atomic E-state index is 0.214. The predicted octanol–water partition coefficient (Wildman–Crippen LogP) is 3.47. The minimum atomic E-state index is -0.214. The van der Waals surface area contributed by atoms with Gasteiger partial charge in [-0.2, -0.15) is 0 Å². The molecule has 1 aromatic rings. The summed E-state index contributed by atoms with van der Waals surface area (Å²) in [5.74, 6) is -0.214. The second-order valence-electron chi connectivity index (χ2n) is 5.70. The minimum Gasteiger partial charge on any atom is -0.378 e. The third-order valence-corrected chi connectivity index (χ3v) is 3.92. The molecule has 1 N–H and O–H groups in total. The van der Waals surface area contributed by atoms with E-state index >= 15 is 0 Å². The van der Waals surface area contributed by atoms with E-state index in [9.17, 15) is 4.39 Å². The Kier molecular flexibility index (Phi) is 6.04. The van der Waals surface area contributed by atoms with Crippen LogP contribution in [0.2, 0.25) is 0 Å². The summed E-state index contributed by atoms with van der Waals surface area (Å²) in [6, 6.07) is 5.35. The van der Waals surface area contributed by atoms with Crippen LogP contribution in [0.3, 0.4) is 0 Å². The molecule has 1 fully saturated rings. The number of allylic oxidation sites excluding steroid dienone is 2. The zero-order chi connectivity index (χ0) is 16.8. The monoisotopic (exact) mass is 319 g/mol. The molecule has 4 nitrogen and oxygen atoms in total. The topological polar surface area (TPSA) is 27.7 Å². The Morgan fingerprint density at radius 3 is 2.61 bits per heavy atom. The van der Waals surface area contributed by atoms with Crippen molar-refractivity contribution >= 4 is 11.4 Å². The highest BCUT2D eigenvalue weighted by atomic mass is 19.1. The van der Waals surface area contributed by atoms with Crippen molar-refractivity contribution in [1.82, 2.24) is 5.32 Å². The molecule has 1 aromatic carbocycles. The molecule has 0 atom stereocenters. The molecule has 1 heterocycles. The SMILES string of the molecule is C=C(C)NCN(C(=C)CC)c1ccc(N2CCOCC2)c(F)c1. The van der Waals surface area contributed by atoms with Crippen molar-refractivity contribution in [3.8, 4) is 0 Å². The fraction of sp³-hybridized carbons (Fsp3) is 0.444. The molecule has 0 unspecified atom stereocenters. The largest absolute Gasteiger partial charge is 0.378 e. The van der Waals surface area contributed by atoms with Crippen LogP contribution in [0.1, 0.15) is 20.3 Å². The van der Waals surface area contributed by atoms with Gasteiger partial charge >= 0.3 is 0 Å². The van der Waals surface area contributed by atoms with Crippen LogP contribution < -0.4 is 15.1 Å². The number of rotatable bonds is 7. The summed E-state index contributed by atoms with van der Waals surface area (Å²) in [5, 5.41) is 3.18. The van der Waals surface area contributed by atoms with Gasteiger partial charge in [-0.25, -0.2) is 4.39 Å². The molecule has 0 aliphatic carbocycles. The maximum atomic E-state index is 14.6. The Morgan fingerprint density at radius 2 is 2.04 bits per heavy atom. The third-order valence-electron chi connectivity index (χ3n) is 3.92. The lowest BCUT2D eigenvalue weighted by molar-refractivity contribution is 0.122. The molecule has 0 radical (unpaired) electrons. The molecule has 5 heteroatoms. The van der Waals surface area contributed by atoms with Crippen LogP contribution in [0.25, 0.3) is 0 Å². The number of nitrogens with one attached hydrogen (secondary N) is 1. The van der Waals surface area contributed by atoms with E-state index in [1.54, 1.807) is 6.07 Å². The van der Waals surface area contributed by atoms with Crippen molar-refractivity contribution in [2.24, 2.45) is 0 Å². The summed E-state index contributed by atoms with van der Waals surface area (Å²) in [5.41, 5.74) is 3.22. The second kappa shape index (κ2) is 8.02. The molecular weight excluding hydrogens is 293 g/mol. The van der Waals surface area contributed by atoms with Gasteiger partial charge in [0.25, 0.3) is 0 Å². The van der Waals surface area contributed by atoms with Crippen LogP contribution in [0.4, 0.5) is 15.8 Å². The van der Waals surface area contributed by atoms with E-state index in [4.69, 9.17) is 4.74 Å². The summed E-state index contributed by atoms with van der Waals surface area (Å²) < 4.78 is 19.9. The molecule has 23 heavy (non-hydrogen) atoms. The summed E-state index contributed by atoms with van der Waals surface area (Å²) in [6.45, 7) is 15.1. The van der Waals surface area contributed by atoms with Crippen molar-refractivity contribution in [1.29, 1.82) is 0 Å². The molecule has 1 aliphatic rings. The number of ether oxygens (including phenoxy) is 1. The Balaban J connectivity index is 2.20. The van der Waals surface area contributed by atoms with Crippen LogP contribution in [-0.2, 0) is 4.74 Å². The molecule has 2 rings (SSSR count). The molecular formula is C18H26FN3O. The van der Waals surface area contributed by atoms with E-state index in [0.29, 0.717) is 25.6 Å². The maximum Gasteiger partial charge on any atom is 0.148 e. The van der Waals surface area contributed by atoms with Gasteiger partial charge in [0.05, 0.1) is 25.6 Å². The molecule has 0 amide bonds. The number of morpholine rings is 1. The number of benzene rings is 1. The van der Waals surface area contributed by atoms with Crippen LogP contribution >= 0.6 is 0 Å². The maximum absolute atomic E-state index is 14.6. The lowest BCUT2D eigenvalue weighted by Gasteiger charge is -2.31. The second-order valence-corrected chi connectivity index (χ2v) is 5.70. The molecule has 0 bridgehead atoms. The van der Waals surface area contributed by atoms with Crippen LogP contribution in [0.15, 0.2) is 42.8 Å². The number of hydrogen-bond acceptors (Lipinski definition) is 4. The van der Waals surface area contributed by atoms with Gasteiger partial charge in [0.15, 0.2) is 0 Å². The number of nitrogens with zero attached hydrogens (tertiary/aromatic N) is 2. The van der Waals surface area contributed by atoms with Crippen molar-refractivity contribution in [3.63, 3.8) is 0 Å². The van der Waals surface area contributed by atoms with Crippen LogP contribution in [0, 0.1) is 5.82 Å². The van der Waals surface area contributed by atoms with Crippen molar-refractivity contribution in [2.45, 2.75) is 20.3 Å². The summed E-state index contributed by atoms with van der Waals surface area (Å²) in [7, 11) is 0. The standard InChI is InChI=1S/C18H26FN3O/c1-5-15(4)22(13-20-14(2)3)16-6-7-18(17(19)12-16)21-8-10-23-11-9-21/h6-7,12,20H,2,4-5,8-11,13H2,1,3H3. The number of halogens is 1. The summed E-state index contributed by atoms with van der Waals surface area (Å²) in [6.07, 6.45) is 0.796. The van der Waals surface area contributed by atoms with Crippen LogP contribution in [0.5, 0.6) is 0 Å². The first-order chi connectivity index (χ1) is 11.0. The normalized spacial score (nSPS) is 14.5. The lowest BCUT2D eigenvalue weighted by Crippen LogP contribution is -2.37. The van der Waals surface area contributed by atoms with E-state index in [1.807, 2.05) is 35.8 Å². The van der Waals surface area contributed by atoms with Gasteiger partial charge in [-0.15, -0.1) is 0 Å². The highest BCUT2D eigenvalue weighted by molar-refractivity contribution is 5.60. The fourth-order valence-electron chi connectivity index (χ4n) is 2.51. The van der Waals surface area contributed by atoms with Gasteiger partial charge in [-0.05, 0) is 31.5 Å². The smallest absolute Gasteiger partial charge is 0.148 e. The highest BCUT2D eigenvalue weighted by Gasteiger charge is 2.17. The van der Waals surface area contributed by atoms with E-state index in [1.165, 1.54) is 0 Å². The third kappa shape index (κ3) is 4.48. The zero-order valence-corrected chi connectivity index (χ0v) is 14.1. The molecule has 0 saturated carbocycles. The Bertz CT molecular complexity index is 567. The van der Waals surface area contributed by atoms with Crippen LogP contribution in [-0.4, -0.2) is 33.0 Å². The highest BCUT2D eigenvalue weighted by Crippen LogP contribution is 2.27. The molecule has 0 aromatic heterocycles. The summed E-state index contributed by atoms with van der Waals surface area (Å²) in [4.78, 5) is 3.99.